The molecule has 1 atom stereocenters. The highest BCUT2D eigenvalue weighted by Crippen LogP contribution is 2.18. The van der Waals surface area contributed by atoms with E-state index in [2.05, 4.69) is 0 Å². The number of aliphatic carboxylic acids is 1. The third-order valence-electron chi connectivity index (χ3n) is 2.93. The molecule has 5 nitrogen and oxygen atoms in total. The Kier molecular flexibility index (Phi) is 4.08. The number of carboxylic acid groups (broad SMARTS) is 1. The predicted octanol–water partition coefficient (Wildman–Crippen LogP) is -0.0956. The van der Waals surface area contributed by atoms with Gasteiger partial charge in [-0.25, -0.2) is 0 Å². The maximum atomic E-state index is 11.7. The first kappa shape index (κ1) is 12.0. The molecule has 1 rings (SSSR count). The standard InChI is InChI=1S/C10H18N2O3/c1-7(6-11)9(13)12-4-2-8(3-5-12)10(14)15/h7-8H,2-6,11H2,1H3,(H,14,15). The van der Waals surface area contributed by atoms with Crippen LogP contribution < -0.4 is 5.73 Å². The van der Waals surface area contributed by atoms with E-state index in [0.29, 0.717) is 32.5 Å². The van der Waals surface area contributed by atoms with Gasteiger partial charge in [0, 0.05) is 25.6 Å². The second-order valence-corrected chi connectivity index (χ2v) is 4.07. The van der Waals surface area contributed by atoms with Crippen LogP contribution >= 0.6 is 0 Å². The van der Waals surface area contributed by atoms with Gasteiger partial charge < -0.3 is 15.7 Å². The molecule has 0 saturated carbocycles. The number of piperidine rings is 1. The number of rotatable bonds is 3. The van der Waals surface area contributed by atoms with E-state index in [1.807, 2.05) is 0 Å². The number of likely N-dealkylation sites (tertiary alicyclic amines) is 1. The minimum Gasteiger partial charge on any atom is -0.481 e. The quantitative estimate of drug-likeness (QED) is 0.687. The highest BCUT2D eigenvalue weighted by atomic mass is 16.4. The van der Waals surface area contributed by atoms with Gasteiger partial charge in [-0.3, -0.25) is 9.59 Å². The second-order valence-electron chi connectivity index (χ2n) is 4.07. The van der Waals surface area contributed by atoms with Gasteiger partial charge in [-0.05, 0) is 12.8 Å². The Morgan fingerprint density at radius 2 is 2.00 bits per heavy atom. The average Bonchev–Trinajstić information content (AvgIpc) is 2.27. The predicted molar refractivity (Wildman–Crippen MR) is 55.2 cm³/mol. The molecule has 0 aromatic heterocycles. The molecule has 1 saturated heterocycles. The molecule has 1 aliphatic rings. The van der Waals surface area contributed by atoms with E-state index in [1.54, 1.807) is 11.8 Å². The highest BCUT2D eigenvalue weighted by molar-refractivity contribution is 5.79. The van der Waals surface area contributed by atoms with Gasteiger partial charge in [0.15, 0.2) is 0 Å². The molecule has 0 radical (unpaired) electrons. The number of nitrogens with two attached hydrogens (primary N) is 1. The summed E-state index contributed by atoms with van der Waals surface area (Å²) >= 11 is 0. The van der Waals surface area contributed by atoms with Crippen molar-refractivity contribution in [1.82, 2.24) is 4.90 Å². The van der Waals surface area contributed by atoms with Crippen molar-refractivity contribution in [2.45, 2.75) is 19.8 Å². The van der Waals surface area contributed by atoms with Crippen molar-refractivity contribution in [1.29, 1.82) is 0 Å². The number of hydrogen-bond donors (Lipinski definition) is 2. The van der Waals surface area contributed by atoms with Crippen molar-refractivity contribution < 1.29 is 14.7 Å². The molecule has 0 aliphatic carbocycles. The number of hydrogen-bond acceptors (Lipinski definition) is 3. The fraction of sp³-hybridized carbons (Fsp3) is 0.800. The third-order valence-corrected chi connectivity index (χ3v) is 2.93. The van der Waals surface area contributed by atoms with Crippen molar-refractivity contribution in [3.63, 3.8) is 0 Å². The minimum absolute atomic E-state index is 0.0429. The summed E-state index contributed by atoms with van der Waals surface area (Å²) < 4.78 is 0. The van der Waals surface area contributed by atoms with Crippen LogP contribution in [0.25, 0.3) is 0 Å². The highest BCUT2D eigenvalue weighted by Gasteiger charge is 2.28. The lowest BCUT2D eigenvalue weighted by molar-refractivity contribution is -0.146. The zero-order chi connectivity index (χ0) is 11.4. The van der Waals surface area contributed by atoms with Gasteiger partial charge in [0.2, 0.25) is 5.91 Å². The van der Waals surface area contributed by atoms with E-state index in [-0.39, 0.29) is 17.7 Å². The topological polar surface area (TPSA) is 83.6 Å². The Hall–Kier alpha value is -1.10. The van der Waals surface area contributed by atoms with Crippen molar-refractivity contribution in [2.75, 3.05) is 19.6 Å². The van der Waals surface area contributed by atoms with Crippen LogP contribution in [-0.4, -0.2) is 41.5 Å². The van der Waals surface area contributed by atoms with Crippen LogP contribution in [0.1, 0.15) is 19.8 Å². The molecule has 5 heteroatoms. The minimum atomic E-state index is -0.756. The van der Waals surface area contributed by atoms with E-state index in [1.165, 1.54) is 0 Å². The van der Waals surface area contributed by atoms with Crippen LogP contribution in [0, 0.1) is 11.8 Å². The summed E-state index contributed by atoms with van der Waals surface area (Å²) in [5.74, 6) is -1.16. The molecular weight excluding hydrogens is 196 g/mol. The summed E-state index contributed by atoms with van der Waals surface area (Å²) in [6, 6.07) is 0. The van der Waals surface area contributed by atoms with Crippen molar-refractivity contribution in [3.05, 3.63) is 0 Å². The molecule has 1 unspecified atom stereocenters. The van der Waals surface area contributed by atoms with Crippen LogP contribution in [0.2, 0.25) is 0 Å². The van der Waals surface area contributed by atoms with Crippen molar-refractivity contribution >= 4 is 11.9 Å². The van der Waals surface area contributed by atoms with Crippen LogP contribution in [-0.2, 0) is 9.59 Å². The molecular formula is C10H18N2O3. The molecule has 1 fully saturated rings. The van der Waals surface area contributed by atoms with Crippen molar-refractivity contribution in [3.8, 4) is 0 Å². The molecule has 3 N–H and O–H groups in total. The molecule has 1 aliphatic heterocycles. The first-order valence-electron chi connectivity index (χ1n) is 5.28. The van der Waals surface area contributed by atoms with Crippen LogP contribution in [0.15, 0.2) is 0 Å². The summed E-state index contributed by atoms with van der Waals surface area (Å²) in [4.78, 5) is 24.1. The normalized spacial score (nSPS) is 20.0. The Morgan fingerprint density at radius 1 is 1.47 bits per heavy atom. The first-order valence-corrected chi connectivity index (χ1v) is 5.28. The largest absolute Gasteiger partial charge is 0.481 e. The molecule has 15 heavy (non-hydrogen) atoms. The fourth-order valence-corrected chi connectivity index (χ4v) is 1.76. The Balaban J connectivity index is 2.43. The van der Waals surface area contributed by atoms with E-state index in [0.717, 1.165) is 0 Å². The lowest BCUT2D eigenvalue weighted by atomic mass is 9.96. The molecule has 86 valence electrons. The van der Waals surface area contributed by atoms with Gasteiger partial charge in [-0.1, -0.05) is 6.92 Å². The van der Waals surface area contributed by atoms with Gasteiger partial charge >= 0.3 is 5.97 Å². The lowest BCUT2D eigenvalue weighted by Crippen LogP contribution is -2.44. The molecule has 0 aromatic rings. The monoisotopic (exact) mass is 214 g/mol. The van der Waals surface area contributed by atoms with Gasteiger partial charge in [0.05, 0.1) is 5.92 Å². The summed E-state index contributed by atoms with van der Waals surface area (Å²) in [7, 11) is 0. The lowest BCUT2D eigenvalue weighted by Gasteiger charge is -2.31. The number of carboxylic acids is 1. The number of amides is 1. The van der Waals surface area contributed by atoms with Gasteiger partial charge in [-0.15, -0.1) is 0 Å². The molecule has 0 aromatic carbocycles. The summed E-state index contributed by atoms with van der Waals surface area (Å²) in [5.41, 5.74) is 5.41. The maximum absolute atomic E-state index is 11.7. The average molecular weight is 214 g/mol. The Labute approximate surface area is 89.2 Å². The SMILES string of the molecule is CC(CN)C(=O)N1CCC(C(=O)O)CC1. The number of carbonyl (C=O) groups is 2. The third kappa shape index (κ3) is 2.92. The van der Waals surface area contributed by atoms with Crippen LogP contribution in [0.4, 0.5) is 0 Å². The maximum Gasteiger partial charge on any atom is 0.306 e. The first-order chi connectivity index (χ1) is 7.06. The van der Waals surface area contributed by atoms with Gasteiger partial charge in [0.1, 0.15) is 0 Å². The van der Waals surface area contributed by atoms with Crippen LogP contribution in [0.5, 0.6) is 0 Å². The van der Waals surface area contributed by atoms with Crippen molar-refractivity contribution in [2.24, 2.45) is 17.6 Å². The molecule has 1 heterocycles. The smallest absolute Gasteiger partial charge is 0.306 e. The van der Waals surface area contributed by atoms with E-state index >= 15 is 0 Å². The summed E-state index contributed by atoms with van der Waals surface area (Å²) in [5, 5.41) is 8.80. The summed E-state index contributed by atoms with van der Waals surface area (Å²) in [6.07, 6.45) is 1.11. The summed E-state index contributed by atoms with van der Waals surface area (Å²) in [6.45, 7) is 3.23. The molecule has 1 amide bonds. The zero-order valence-corrected chi connectivity index (χ0v) is 8.98. The van der Waals surface area contributed by atoms with E-state index in [4.69, 9.17) is 10.8 Å². The van der Waals surface area contributed by atoms with Gasteiger partial charge in [-0.2, -0.15) is 0 Å². The molecule has 0 spiro atoms. The fourth-order valence-electron chi connectivity index (χ4n) is 1.76. The molecule has 0 bridgehead atoms. The number of carbonyl (C=O) groups excluding carboxylic acids is 1. The Morgan fingerprint density at radius 3 is 2.40 bits per heavy atom. The Bertz CT molecular complexity index is 247. The van der Waals surface area contributed by atoms with E-state index in [9.17, 15) is 9.59 Å². The second kappa shape index (κ2) is 5.11. The number of nitrogens with zero attached hydrogens (tertiary/aromatic N) is 1. The van der Waals surface area contributed by atoms with Gasteiger partial charge in [0.25, 0.3) is 0 Å². The van der Waals surface area contributed by atoms with Crippen LogP contribution in [0.3, 0.4) is 0 Å². The van der Waals surface area contributed by atoms with E-state index < -0.39 is 5.97 Å². The zero-order valence-electron chi connectivity index (χ0n) is 8.98.